The molecule has 0 aliphatic heterocycles. The minimum atomic E-state index is -0.490. The topological polar surface area (TPSA) is 104 Å². The van der Waals surface area contributed by atoms with Crippen molar-refractivity contribution in [3.05, 3.63) is 34.4 Å². The van der Waals surface area contributed by atoms with Gasteiger partial charge in [0.2, 0.25) is 0 Å². The van der Waals surface area contributed by atoms with Crippen molar-refractivity contribution in [2.24, 2.45) is 5.41 Å². The van der Waals surface area contributed by atoms with Gasteiger partial charge in [0.15, 0.2) is 0 Å². The zero-order valence-electron chi connectivity index (χ0n) is 11.0. The number of carbonyl (C=O) groups is 1. The van der Waals surface area contributed by atoms with Crippen LogP contribution in [0.3, 0.4) is 0 Å². The Kier molecular flexibility index (Phi) is 4.19. The molecule has 0 aromatic heterocycles. The van der Waals surface area contributed by atoms with Gasteiger partial charge in [-0.2, -0.15) is 0 Å². The Balaban J connectivity index is 1.81. The number of hydrogen-bond acceptors (Lipinski definition) is 4. The van der Waals surface area contributed by atoms with Crippen molar-refractivity contribution in [2.75, 3.05) is 18.5 Å². The summed E-state index contributed by atoms with van der Waals surface area (Å²) in [6.07, 6.45) is 2.74. The Labute approximate surface area is 116 Å². The molecular weight excluding hydrogens is 262 g/mol. The van der Waals surface area contributed by atoms with Crippen LogP contribution in [0.2, 0.25) is 0 Å². The van der Waals surface area contributed by atoms with Gasteiger partial charge in [0.05, 0.1) is 4.92 Å². The summed E-state index contributed by atoms with van der Waals surface area (Å²) < 4.78 is 0. The first-order valence-corrected chi connectivity index (χ1v) is 6.45. The van der Waals surface area contributed by atoms with Crippen LogP contribution in [0.4, 0.5) is 16.2 Å². The Hall–Kier alpha value is -2.15. The maximum absolute atomic E-state index is 11.7. The molecule has 3 N–H and O–H groups in total. The highest BCUT2D eigenvalue weighted by Gasteiger charge is 2.41. The molecule has 0 saturated heterocycles. The van der Waals surface area contributed by atoms with E-state index in [9.17, 15) is 14.9 Å². The molecule has 0 heterocycles. The van der Waals surface area contributed by atoms with Crippen LogP contribution in [0.1, 0.15) is 19.3 Å². The summed E-state index contributed by atoms with van der Waals surface area (Å²) in [5, 5.41) is 24.8. The van der Waals surface area contributed by atoms with Crippen molar-refractivity contribution in [1.29, 1.82) is 0 Å². The first-order valence-electron chi connectivity index (χ1n) is 6.45. The van der Waals surface area contributed by atoms with E-state index in [4.69, 9.17) is 5.11 Å². The monoisotopic (exact) mass is 279 g/mol. The van der Waals surface area contributed by atoms with Crippen LogP contribution in [0.25, 0.3) is 0 Å². The summed E-state index contributed by atoms with van der Waals surface area (Å²) in [5.74, 6) is 0. The fraction of sp³-hybridized carbons (Fsp3) is 0.462. The van der Waals surface area contributed by atoms with Gasteiger partial charge in [0.25, 0.3) is 5.69 Å². The highest BCUT2D eigenvalue weighted by Crippen LogP contribution is 2.47. The van der Waals surface area contributed by atoms with Gasteiger partial charge in [0.1, 0.15) is 0 Å². The van der Waals surface area contributed by atoms with Gasteiger partial charge in [-0.05, 0) is 36.8 Å². The molecule has 20 heavy (non-hydrogen) atoms. The summed E-state index contributed by atoms with van der Waals surface area (Å²) in [5.41, 5.74) is 0.539. The number of aliphatic hydroxyl groups excluding tert-OH is 1. The zero-order chi connectivity index (χ0) is 14.6. The number of urea groups is 1. The molecule has 1 aliphatic carbocycles. The first-order chi connectivity index (χ1) is 9.54. The van der Waals surface area contributed by atoms with Crippen molar-refractivity contribution in [1.82, 2.24) is 5.32 Å². The summed E-state index contributed by atoms with van der Waals surface area (Å²) in [6.45, 7) is 0.665. The average Bonchev–Trinajstić information content (AvgIpc) is 3.18. The lowest BCUT2D eigenvalue weighted by molar-refractivity contribution is -0.384. The molecule has 108 valence electrons. The number of hydrogen-bond donors (Lipinski definition) is 3. The number of nitrogens with one attached hydrogen (secondary N) is 2. The number of nitro groups is 1. The van der Waals surface area contributed by atoms with E-state index in [0.29, 0.717) is 18.7 Å². The van der Waals surface area contributed by atoms with E-state index in [-0.39, 0.29) is 23.7 Å². The van der Waals surface area contributed by atoms with Gasteiger partial charge in [0, 0.05) is 31.0 Å². The third-order valence-electron chi connectivity index (χ3n) is 3.56. The van der Waals surface area contributed by atoms with Crippen molar-refractivity contribution >= 4 is 17.4 Å². The number of aliphatic hydroxyl groups is 1. The standard InChI is InChI=1S/C13H17N3O4/c17-8-7-13(5-6-13)9-14-12(18)15-10-1-3-11(4-2-10)16(19)20/h1-4,17H,5-9H2,(H2,14,15,18). The molecule has 0 atom stereocenters. The van der Waals surface area contributed by atoms with Gasteiger partial charge in [-0.3, -0.25) is 10.1 Å². The smallest absolute Gasteiger partial charge is 0.319 e. The quantitative estimate of drug-likeness (QED) is 0.546. The molecule has 0 bridgehead atoms. The van der Waals surface area contributed by atoms with Crippen LogP contribution in [0.5, 0.6) is 0 Å². The van der Waals surface area contributed by atoms with Gasteiger partial charge in [-0.25, -0.2) is 4.79 Å². The second-order valence-electron chi connectivity index (χ2n) is 5.09. The number of amides is 2. The molecule has 0 spiro atoms. The second kappa shape index (κ2) is 5.87. The van der Waals surface area contributed by atoms with Crippen LogP contribution < -0.4 is 10.6 Å². The average molecular weight is 279 g/mol. The molecule has 7 nitrogen and oxygen atoms in total. The number of benzene rings is 1. The summed E-state index contributed by atoms with van der Waals surface area (Å²) in [7, 11) is 0. The Morgan fingerprint density at radius 1 is 1.35 bits per heavy atom. The number of nitro benzene ring substituents is 1. The molecule has 1 saturated carbocycles. The predicted octanol–water partition coefficient (Wildman–Crippen LogP) is 1.88. The van der Waals surface area contributed by atoms with Crippen LogP contribution >= 0.6 is 0 Å². The van der Waals surface area contributed by atoms with E-state index in [0.717, 1.165) is 12.8 Å². The minimum Gasteiger partial charge on any atom is -0.396 e. The third kappa shape index (κ3) is 3.67. The molecule has 2 rings (SSSR count). The van der Waals surface area contributed by atoms with Gasteiger partial charge >= 0.3 is 6.03 Å². The highest BCUT2D eigenvalue weighted by molar-refractivity contribution is 5.89. The Bertz CT molecular complexity index is 497. The van der Waals surface area contributed by atoms with Gasteiger partial charge < -0.3 is 15.7 Å². The lowest BCUT2D eigenvalue weighted by atomic mass is 10.0. The normalized spacial score (nSPS) is 15.4. The molecule has 1 fully saturated rings. The van der Waals surface area contributed by atoms with E-state index in [2.05, 4.69) is 10.6 Å². The van der Waals surface area contributed by atoms with Crippen molar-refractivity contribution in [3.63, 3.8) is 0 Å². The molecule has 7 heteroatoms. The number of nitrogens with zero attached hydrogens (tertiary/aromatic N) is 1. The minimum absolute atomic E-state index is 0.0177. The zero-order valence-corrected chi connectivity index (χ0v) is 11.0. The van der Waals surface area contributed by atoms with Crippen LogP contribution in [0.15, 0.2) is 24.3 Å². The molecular formula is C13H17N3O4. The largest absolute Gasteiger partial charge is 0.396 e. The van der Waals surface area contributed by atoms with Crippen LogP contribution in [-0.2, 0) is 0 Å². The van der Waals surface area contributed by atoms with E-state index in [1.54, 1.807) is 0 Å². The lowest BCUT2D eigenvalue weighted by Gasteiger charge is -2.15. The summed E-state index contributed by atoms with van der Waals surface area (Å²) in [4.78, 5) is 21.7. The van der Waals surface area contributed by atoms with Crippen molar-refractivity contribution < 1.29 is 14.8 Å². The maximum atomic E-state index is 11.7. The fourth-order valence-corrected chi connectivity index (χ4v) is 2.04. The number of carbonyl (C=O) groups excluding carboxylic acids is 1. The van der Waals surface area contributed by atoms with E-state index in [1.165, 1.54) is 24.3 Å². The molecule has 1 aromatic rings. The lowest BCUT2D eigenvalue weighted by Crippen LogP contribution is -2.34. The third-order valence-corrected chi connectivity index (χ3v) is 3.56. The fourth-order valence-electron chi connectivity index (χ4n) is 2.04. The van der Waals surface area contributed by atoms with Crippen molar-refractivity contribution in [2.45, 2.75) is 19.3 Å². The molecule has 0 unspecified atom stereocenters. The number of non-ortho nitro benzene ring substituents is 1. The Morgan fingerprint density at radius 3 is 2.50 bits per heavy atom. The van der Waals surface area contributed by atoms with E-state index in [1.807, 2.05) is 0 Å². The Morgan fingerprint density at radius 2 is 2.00 bits per heavy atom. The van der Waals surface area contributed by atoms with Crippen LogP contribution in [0, 0.1) is 15.5 Å². The predicted molar refractivity (Wildman–Crippen MR) is 73.5 cm³/mol. The first kappa shape index (κ1) is 14.3. The number of anilines is 1. The maximum Gasteiger partial charge on any atom is 0.319 e. The van der Waals surface area contributed by atoms with Crippen LogP contribution in [-0.4, -0.2) is 29.2 Å². The van der Waals surface area contributed by atoms with E-state index >= 15 is 0 Å². The van der Waals surface area contributed by atoms with Crippen molar-refractivity contribution in [3.8, 4) is 0 Å². The highest BCUT2D eigenvalue weighted by atomic mass is 16.6. The SMILES string of the molecule is O=C(NCC1(CCO)CC1)Nc1ccc([N+](=O)[O-])cc1. The van der Waals surface area contributed by atoms with Gasteiger partial charge in [-0.15, -0.1) is 0 Å². The molecule has 2 amide bonds. The van der Waals surface area contributed by atoms with E-state index < -0.39 is 4.92 Å². The molecule has 1 aliphatic rings. The van der Waals surface area contributed by atoms with Gasteiger partial charge in [-0.1, -0.05) is 0 Å². The summed E-state index contributed by atoms with van der Waals surface area (Å²) >= 11 is 0. The second-order valence-corrected chi connectivity index (χ2v) is 5.09. The summed E-state index contributed by atoms with van der Waals surface area (Å²) in [6, 6.07) is 5.30. The number of rotatable bonds is 6. The molecule has 1 aromatic carbocycles. The molecule has 0 radical (unpaired) electrons.